The van der Waals surface area contributed by atoms with Gasteiger partial charge in [0.05, 0.1) is 22.9 Å². The lowest BCUT2D eigenvalue weighted by Gasteiger charge is -2.22. The van der Waals surface area contributed by atoms with Gasteiger partial charge in [-0.3, -0.25) is 4.79 Å². The van der Waals surface area contributed by atoms with Crippen molar-refractivity contribution in [1.29, 1.82) is 0 Å². The third-order valence-corrected chi connectivity index (χ3v) is 2.72. The number of nitrogens with zero attached hydrogens (tertiary/aromatic N) is 2. The second-order valence-electron chi connectivity index (χ2n) is 3.26. The van der Waals surface area contributed by atoms with Crippen LogP contribution < -0.4 is 16.0 Å². The number of halogens is 1. The number of nitrogens with two attached hydrogens (primary N) is 1. The first kappa shape index (κ1) is 12.8. The third-order valence-electron chi connectivity index (χ3n) is 2.14. The van der Waals surface area contributed by atoms with E-state index in [9.17, 15) is 4.79 Å². The summed E-state index contributed by atoms with van der Waals surface area (Å²) in [4.78, 5) is 17.4. The molecule has 0 aliphatic heterocycles. The van der Waals surface area contributed by atoms with Crippen LogP contribution in [0.4, 0.5) is 11.5 Å². The van der Waals surface area contributed by atoms with E-state index in [1.807, 2.05) is 11.8 Å². The lowest BCUT2D eigenvalue weighted by atomic mass is 10.3. The summed E-state index contributed by atoms with van der Waals surface area (Å²) < 4.78 is 0.790. The molecule has 3 N–H and O–H groups in total. The highest BCUT2D eigenvalue weighted by Crippen LogP contribution is 2.25. The number of anilines is 2. The number of aromatic nitrogens is 1. The van der Waals surface area contributed by atoms with Gasteiger partial charge in [0.2, 0.25) is 5.91 Å². The van der Waals surface area contributed by atoms with Crippen molar-refractivity contribution >= 4 is 33.3 Å². The second kappa shape index (κ2) is 5.69. The van der Waals surface area contributed by atoms with Crippen molar-refractivity contribution in [2.45, 2.75) is 6.92 Å². The number of likely N-dealkylation sites (N-methyl/N-ethyl adjacent to an activating group) is 2. The van der Waals surface area contributed by atoms with Crippen molar-refractivity contribution in [3.8, 4) is 0 Å². The summed E-state index contributed by atoms with van der Waals surface area (Å²) in [5.74, 6) is 0.674. The molecule has 0 fully saturated rings. The first-order valence-corrected chi connectivity index (χ1v) is 5.74. The molecule has 1 rings (SSSR count). The number of rotatable bonds is 4. The minimum Gasteiger partial charge on any atom is -0.397 e. The Bertz CT molecular complexity index is 383. The van der Waals surface area contributed by atoms with Crippen LogP contribution >= 0.6 is 15.9 Å². The second-order valence-corrected chi connectivity index (χ2v) is 4.12. The SMILES string of the molecule is CCN(CC(=O)NC)c1ncc(N)cc1Br. The number of nitrogens with one attached hydrogen (secondary N) is 1. The lowest BCUT2D eigenvalue weighted by molar-refractivity contribution is -0.119. The van der Waals surface area contributed by atoms with E-state index in [1.54, 1.807) is 19.3 Å². The molecule has 0 radical (unpaired) electrons. The van der Waals surface area contributed by atoms with Crippen molar-refractivity contribution < 1.29 is 4.79 Å². The Balaban J connectivity index is 2.90. The van der Waals surface area contributed by atoms with Crippen molar-refractivity contribution in [2.24, 2.45) is 0 Å². The van der Waals surface area contributed by atoms with E-state index in [2.05, 4.69) is 26.2 Å². The summed E-state index contributed by atoms with van der Waals surface area (Å²) in [6.45, 7) is 2.94. The van der Waals surface area contributed by atoms with E-state index >= 15 is 0 Å². The molecule has 0 unspecified atom stereocenters. The molecule has 0 spiro atoms. The molecule has 6 heteroatoms. The van der Waals surface area contributed by atoms with E-state index in [4.69, 9.17) is 5.73 Å². The Kier molecular flexibility index (Phi) is 4.54. The van der Waals surface area contributed by atoms with Gasteiger partial charge >= 0.3 is 0 Å². The fourth-order valence-electron chi connectivity index (χ4n) is 1.27. The molecule has 0 saturated carbocycles. The molecule has 0 aromatic carbocycles. The van der Waals surface area contributed by atoms with Gasteiger partial charge in [0.15, 0.2) is 0 Å². The number of carbonyl (C=O) groups is 1. The Labute approximate surface area is 103 Å². The van der Waals surface area contributed by atoms with Gasteiger partial charge in [-0.05, 0) is 28.9 Å². The first-order valence-electron chi connectivity index (χ1n) is 4.95. The summed E-state index contributed by atoms with van der Waals surface area (Å²) in [7, 11) is 1.61. The summed E-state index contributed by atoms with van der Waals surface area (Å²) in [5, 5.41) is 2.58. The van der Waals surface area contributed by atoms with Gasteiger partial charge in [-0.2, -0.15) is 0 Å². The first-order chi connectivity index (χ1) is 7.58. The van der Waals surface area contributed by atoms with Gasteiger partial charge in [0.1, 0.15) is 5.82 Å². The van der Waals surface area contributed by atoms with E-state index in [0.29, 0.717) is 12.2 Å². The van der Waals surface area contributed by atoms with Crippen LogP contribution in [0.3, 0.4) is 0 Å². The molecule has 0 atom stereocenters. The highest BCUT2D eigenvalue weighted by atomic mass is 79.9. The molecule has 5 nitrogen and oxygen atoms in total. The highest BCUT2D eigenvalue weighted by Gasteiger charge is 2.13. The predicted octanol–water partition coefficient (Wildman–Crippen LogP) is 0.999. The van der Waals surface area contributed by atoms with Crippen LogP contribution in [-0.4, -0.2) is 31.0 Å². The van der Waals surface area contributed by atoms with E-state index in [0.717, 1.165) is 10.3 Å². The van der Waals surface area contributed by atoms with Crippen LogP contribution in [0.1, 0.15) is 6.92 Å². The molecule has 1 aromatic rings. The number of amides is 1. The molecule has 0 saturated heterocycles. The molecular formula is C10H15BrN4O. The van der Waals surface area contributed by atoms with Crippen molar-refractivity contribution in [3.63, 3.8) is 0 Å². The van der Waals surface area contributed by atoms with Crippen LogP contribution in [0, 0.1) is 0 Å². The zero-order valence-electron chi connectivity index (χ0n) is 9.33. The monoisotopic (exact) mass is 286 g/mol. The van der Waals surface area contributed by atoms with Crippen LogP contribution in [0.2, 0.25) is 0 Å². The Morgan fingerprint density at radius 3 is 2.88 bits per heavy atom. The third kappa shape index (κ3) is 3.10. The molecule has 0 aliphatic rings. The zero-order chi connectivity index (χ0) is 12.1. The highest BCUT2D eigenvalue weighted by molar-refractivity contribution is 9.10. The fourth-order valence-corrected chi connectivity index (χ4v) is 1.88. The fraction of sp³-hybridized carbons (Fsp3) is 0.400. The lowest BCUT2D eigenvalue weighted by Crippen LogP contribution is -2.36. The van der Waals surface area contributed by atoms with Gasteiger partial charge in [-0.1, -0.05) is 0 Å². The largest absolute Gasteiger partial charge is 0.397 e. The molecule has 1 heterocycles. The van der Waals surface area contributed by atoms with E-state index < -0.39 is 0 Å². The summed E-state index contributed by atoms with van der Waals surface area (Å²) in [6, 6.07) is 1.77. The quantitative estimate of drug-likeness (QED) is 0.866. The molecule has 88 valence electrons. The molecule has 0 bridgehead atoms. The Hall–Kier alpha value is -1.30. The standard InChI is InChI=1S/C10H15BrN4O/c1-3-15(6-9(16)13-2)10-8(11)4-7(12)5-14-10/h4-5H,3,6,12H2,1-2H3,(H,13,16). The maximum atomic E-state index is 11.3. The smallest absolute Gasteiger partial charge is 0.239 e. The minimum absolute atomic E-state index is 0.0487. The minimum atomic E-state index is -0.0487. The molecular weight excluding hydrogens is 272 g/mol. The maximum absolute atomic E-state index is 11.3. The normalized spacial score (nSPS) is 9.94. The van der Waals surface area contributed by atoms with Gasteiger partial charge in [-0.15, -0.1) is 0 Å². The molecule has 0 aliphatic carbocycles. The summed E-state index contributed by atoms with van der Waals surface area (Å²) in [5.41, 5.74) is 6.20. The topological polar surface area (TPSA) is 71.2 Å². The van der Waals surface area contributed by atoms with Gasteiger partial charge < -0.3 is 16.0 Å². The maximum Gasteiger partial charge on any atom is 0.239 e. The van der Waals surface area contributed by atoms with Crippen molar-refractivity contribution in [2.75, 3.05) is 30.8 Å². The van der Waals surface area contributed by atoms with Gasteiger partial charge in [0, 0.05) is 13.6 Å². The van der Waals surface area contributed by atoms with Gasteiger partial charge in [-0.25, -0.2) is 4.98 Å². The number of hydrogen-bond acceptors (Lipinski definition) is 4. The van der Waals surface area contributed by atoms with E-state index in [1.165, 1.54) is 0 Å². The van der Waals surface area contributed by atoms with Crippen molar-refractivity contribution in [1.82, 2.24) is 10.3 Å². The van der Waals surface area contributed by atoms with Crippen LogP contribution in [-0.2, 0) is 4.79 Å². The van der Waals surface area contributed by atoms with Crippen LogP contribution in [0.15, 0.2) is 16.7 Å². The molecule has 16 heavy (non-hydrogen) atoms. The summed E-state index contributed by atoms with van der Waals surface area (Å²) in [6.07, 6.45) is 1.58. The summed E-state index contributed by atoms with van der Waals surface area (Å²) >= 11 is 3.38. The number of pyridine rings is 1. The number of hydrogen-bond donors (Lipinski definition) is 2. The van der Waals surface area contributed by atoms with E-state index in [-0.39, 0.29) is 12.5 Å². The zero-order valence-corrected chi connectivity index (χ0v) is 10.9. The Morgan fingerprint density at radius 1 is 1.69 bits per heavy atom. The van der Waals surface area contributed by atoms with Gasteiger partial charge in [0.25, 0.3) is 0 Å². The van der Waals surface area contributed by atoms with Crippen molar-refractivity contribution in [3.05, 3.63) is 16.7 Å². The number of nitrogen functional groups attached to an aromatic ring is 1. The van der Waals surface area contributed by atoms with Crippen LogP contribution in [0.25, 0.3) is 0 Å². The molecule has 1 aromatic heterocycles. The van der Waals surface area contributed by atoms with Crippen LogP contribution in [0.5, 0.6) is 0 Å². The average molecular weight is 287 g/mol. The average Bonchev–Trinajstić information content (AvgIpc) is 2.26. The molecule has 1 amide bonds. The number of carbonyl (C=O) groups excluding carboxylic acids is 1. The Morgan fingerprint density at radius 2 is 2.38 bits per heavy atom. The predicted molar refractivity (Wildman–Crippen MR) is 68.3 cm³/mol.